The molecule has 2 heterocycles. The van der Waals surface area contributed by atoms with Gasteiger partial charge in [-0.15, -0.1) is 0 Å². The van der Waals surface area contributed by atoms with Gasteiger partial charge >= 0.3 is 0 Å². The number of aliphatic hydroxyl groups excluding tert-OH is 1. The Morgan fingerprint density at radius 2 is 1.95 bits per heavy atom. The Kier molecular flexibility index (Phi) is 3.38. The maximum absolute atomic E-state index is 8.90. The Labute approximate surface area is 120 Å². The lowest BCUT2D eigenvalue weighted by atomic mass is 10.1. The van der Waals surface area contributed by atoms with Crippen molar-refractivity contribution in [1.29, 1.82) is 0 Å². The van der Waals surface area contributed by atoms with Crippen molar-refractivity contribution in [3.05, 3.63) is 53.3 Å². The Morgan fingerprint density at radius 1 is 1.15 bits per heavy atom. The molecule has 3 rings (SSSR count). The summed E-state index contributed by atoms with van der Waals surface area (Å²) < 4.78 is 1.59. The Bertz CT molecular complexity index is 815. The molecule has 2 aromatic heterocycles. The number of rotatable bonds is 1. The van der Waals surface area contributed by atoms with Crippen LogP contribution in [0.5, 0.6) is 0 Å². The zero-order valence-electron chi connectivity index (χ0n) is 10.4. The second-order valence-corrected chi connectivity index (χ2v) is 4.45. The summed E-state index contributed by atoms with van der Waals surface area (Å²) in [7, 11) is 0. The van der Waals surface area contributed by atoms with E-state index in [1.165, 1.54) is 0 Å². The van der Waals surface area contributed by atoms with Crippen molar-refractivity contribution in [3.8, 4) is 23.1 Å². The van der Waals surface area contributed by atoms with Crippen molar-refractivity contribution < 1.29 is 5.11 Å². The first-order chi connectivity index (χ1) is 9.79. The maximum Gasteiger partial charge on any atom is 0.155 e. The van der Waals surface area contributed by atoms with Crippen LogP contribution >= 0.6 is 11.6 Å². The molecule has 0 bridgehead atoms. The topological polar surface area (TPSA) is 50.4 Å². The first kappa shape index (κ1) is 12.7. The number of hydrogen-bond acceptors (Lipinski definition) is 3. The molecule has 4 nitrogen and oxygen atoms in total. The number of aromatic nitrogens is 3. The second kappa shape index (κ2) is 5.33. The van der Waals surface area contributed by atoms with Crippen LogP contribution in [0.3, 0.4) is 0 Å². The van der Waals surface area contributed by atoms with Gasteiger partial charge in [0.05, 0.1) is 0 Å². The van der Waals surface area contributed by atoms with Gasteiger partial charge in [-0.3, -0.25) is 0 Å². The van der Waals surface area contributed by atoms with Gasteiger partial charge in [0.1, 0.15) is 23.1 Å². The fourth-order valence-corrected chi connectivity index (χ4v) is 2.08. The van der Waals surface area contributed by atoms with E-state index in [-0.39, 0.29) is 6.61 Å². The highest BCUT2D eigenvalue weighted by Gasteiger charge is 2.13. The number of halogens is 1. The minimum Gasteiger partial charge on any atom is -0.384 e. The van der Waals surface area contributed by atoms with E-state index in [0.717, 1.165) is 11.3 Å². The van der Waals surface area contributed by atoms with Crippen LogP contribution < -0.4 is 0 Å². The van der Waals surface area contributed by atoms with Gasteiger partial charge in [0.15, 0.2) is 5.65 Å². The predicted octanol–water partition coefficient (Wildman–Crippen LogP) is 2.39. The van der Waals surface area contributed by atoms with E-state index in [2.05, 4.69) is 21.9 Å². The summed E-state index contributed by atoms with van der Waals surface area (Å²) in [5.74, 6) is 5.53. The zero-order valence-corrected chi connectivity index (χ0v) is 11.2. The van der Waals surface area contributed by atoms with Gasteiger partial charge in [0.25, 0.3) is 0 Å². The highest BCUT2D eigenvalue weighted by Crippen LogP contribution is 2.23. The highest BCUT2D eigenvalue weighted by atomic mass is 35.5. The molecule has 0 aliphatic rings. The van der Waals surface area contributed by atoms with E-state index < -0.39 is 0 Å². The molecule has 0 unspecified atom stereocenters. The number of benzene rings is 1. The summed E-state index contributed by atoms with van der Waals surface area (Å²) in [6.45, 7) is -0.220. The lowest BCUT2D eigenvalue weighted by Gasteiger charge is -1.98. The van der Waals surface area contributed by atoms with Crippen LogP contribution in [0.15, 0.2) is 42.5 Å². The minimum absolute atomic E-state index is 0.220. The molecular weight excluding hydrogens is 274 g/mol. The lowest BCUT2D eigenvalue weighted by molar-refractivity contribution is 0.350. The molecule has 0 spiro atoms. The number of hydrogen-bond donors (Lipinski definition) is 1. The van der Waals surface area contributed by atoms with Crippen LogP contribution in [0.1, 0.15) is 5.69 Å². The fourth-order valence-electron chi connectivity index (χ4n) is 1.94. The minimum atomic E-state index is -0.220. The molecule has 0 aliphatic carbocycles. The molecule has 0 saturated heterocycles. The van der Waals surface area contributed by atoms with Gasteiger partial charge in [-0.05, 0) is 18.1 Å². The van der Waals surface area contributed by atoms with Crippen LogP contribution in [0, 0.1) is 11.8 Å². The molecule has 20 heavy (non-hydrogen) atoms. The molecule has 0 radical (unpaired) electrons. The van der Waals surface area contributed by atoms with E-state index in [9.17, 15) is 0 Å². The van der Waals surface area contributed by atoms with Crippen LogP contribution in [-0.4, -0.2) is 26.3 Å². The van der Waals surface area contributed by atoms with Gasteiger partial charge < -0.3 is 5.11 Å². The van der Waals surface area contributed by atoms with E-state index in [0.29, 0.717) is 16.5 Å². The molecular formula is C15H10ClN3O. The molecule has 3 aromatic rings. The molecule has 98 valence electrons. The van der Waals surface area contributed by atoms with Crippen molar-refractivity contribution >= 4 is 17.2 Å². The average Bonchev–Trinajstić information content (AvgIpc) is 2.84. The van der Waals surface area contributed by atoms with E-state index >= 15 is 0 Å². The van der Waals surface area contributed by atoms with Crippen molar-refractivity contribution in [3.63, 3.8) is 0 Å². The molecule has 1 aromatic carbocycles. The summed E-state index contributed by atoms with van der Waals surface area (Å²) in [6, 6.07) is 13.2. The third-order valence-electron chi connectivity index (χ3n) is 2.78. The van der Waals surface area contributed by atoms with Gasteiger partial charge in [-0.25, -0.2) is 9.50 Å². The van der Waals surface area contributed by atoms with Crippen LogP contribution in [0.25, 0.3) is 16.9 Å². The molecule has 0 saturated carbocycles. The Morgan fingerprint density at radius 3 is 2.70 bits per heavy atom. The normalized spacial score (nSPS) is 10.3. The first-order valence-electron chi connectivity index (χ1n) is 6.00. The van der Waals surface area contributed by atoms with Crippen LogP contribution in [0.2, 0.25) is 5.15 Å². The molecule has 5 heteroatoms. The SMILES string of the molecule is OCC#Cc1c(-c2ccccc2)nc2ccc(Cl)nn12. The molecule has 0 amide bonds. The van der Waals surface area contributed by atoms with Gasteiger partial charge in [-0.1, -0.05) is 47.9 Å². The average molecular weight is 284 g/mol. The highest BCUT2D eigenvalue weighted by molar-refractivity contribution is 6.29. The maximum atomic E-state index is 8.90. The number of fused-ring (bicyclic) bond motifs is 1. The van der Waals surface area contributed by atoms with Crippen molar-refractivity contribution in [2.24, 2.45) is 0 Å². The quantitative estimate of drug-likeness (QED) is 0.698. The third kappa shape index (κ3) is 2.25. The Balaban J connectivity index is 2.31. The van der Waals surface area contributed by atoms with Crippen molar-refractivity contribution in [2.45, 2.75) is 0 Å². The summed E-state index contributed by atoms with van der Waals surface area (Å²) in [5.41, 5.74) is 2.94. The van der Waals surface area contributed by atoms with E-state index in [1.54, 1.807) is 16.6 Å². The second-order valence-electron chi connectivity index (χ2n) is 4.06. The molecule has 1 N–H and O–H groups in total. The van der Waals surface area contributed by atoms with E-state index in [1.807, 2.05) is 30.3 Å². The van der Waals surface area contributed by atoms with Crippen LogP contribution in [-0.2, 0) is 0 Å². The van der Waals surface area contributed by atoms with Crippen LogP contribution in [0.4, 0.5) is 0 Å². The molecule has 0 atom stereocenters. The fraction of sp³-hybridized carbons (Fsp3) is 0.0667. The Hall–Kier alpha value is -2.35. The smallest absolute Gasteiger partial charge is 0.155 e. The summed E-state index contributed by atoms with van der Waals surface area (Å²) in [4.78, 5) is 4.53. The zero-order chi connectivity index (χ0) is 13.9. The predicted molar refractivity (Wildman–Crippen MR) is 77.4 cm³/mol. The number of imidazole rings is 1. The van der Waals surface area contributed by atoms with Gasteiger partial charge in [-0.2, -0.15) is 5.10 Å². The molecule has 0 aliphatic heterocycles. The standard InChI is InChI=1S/C15H10ClN3O/c16-13-8-9-14-17-15(11-5-2-1-3-6-11)12(7-4-10-20)19(14)18-13/h1-3,5-6,8-9,20H,10H2. The summed E-state index contributed by atoms with van der Waals surface area (Å²) in [5, 5.41) is 13.5. The summed E-state index contributed by atoms with van der Waals surface area (Å²) >= 11 is 5.92. The third-order valence-corrected chi connectivity index (χ3v) is 2.98. The van der Waals surface area contributed by atoms with Crippen molar-refractivity contribution in [2.75, 3.05) is 6.61 Å². The number of aliphatic hydroxyl groups is 1. The monoisotopic (exact) mass is 283 g/mol. The van der Waals surface area contributed by atoms with Gasteiger partial charge in [0.2, 0.25) is 0 Å². The summed E-state index contributed by atoms with van der Waals surface area (Å²) in [6.07, 6.45) is 0. The molecule has 0 fully saturated rings. The number of nitrogens with zero attached hydrogens (tertiary/aromatic N) is 3. The van der Waals surface area contributed by atoms with Crippen molar-refractivity contribution in [1.82, 2.24) is 14.6 Å². The van der Waals surface area contributed by atoms with E-state index in [4.69, 9.17) is 16.7 Å². The lowest BCUT2D eigenvalue weighted by Crippen LogP contribution is -1.95. The largest absolute Gasteiger partial charge is 0.384 e. The van der Waals surface area contributed by atoms with Gasteiger partial charge in [0, 0.05) is 5.56 Å². The first-order valence-corrected chi connectivity index (χ1v) is 6.38.